The van der Waals surface area contributed by atoms with Gasteiger partial charge in [0.25, 0.3) is 0 Å². The number of hydrogen-bond donors (Lipinski definition) is 4. The number of carbonyl (C=O) groups is 1. The summed E-state index contributed by atoms with van der Waals surface area (Å²) in [7, 11) is 0. The summed E-state index contributed by atoms with van der Waals surface area (Å²) in [6, 6.07) is 7.51. The van der Waals surface area contributed by atoms with Gasteiger partial charge in [0.1, 0.15) is 0 Å². The molecule has 0 radical (unpaired) electrons. The average Bonchev–Trinajstić information content (AvgIpc) is 2.35. The van der Waals surface area contributed by atoms with Crippen molar-refractivity contribution in [2.75, 3.05) is 5.32 Å². The van der Waals surface area contributed by atoms with Crippen LogP contribution in [0.25, 0.3) is 0 Å². The Kier molecular flexibility index (Phi) is 6.52. The molecule has 0 spiro atoms. The highest BCUT2D eigenvalue weighted by Crippen LogP contribution is 2.10. The van der Waals surface area contributed by atoms with Gasteiger partial charge in [-0.25, -0.2) is 9.79 Å². The second-order valence-electron chi connectivity index (χ2n) is 5.45. The van der Waals surface area contributed by atoms with E-state index < -0.39 is 6.03 Å². The maximum Gasteiger partial charge on any atom is 0.316 e. The van der Waals surface area contributed by atoms with Crippen LogP contribution in [0.15, 0.2) is 29.3 Å². The van der Waals surface area contributed by atoms with Crippen molar-refractivity contribution >= 4 is 17.7 Å². The molecule has 0 aliphatic carbocycles. The standard InChI is InChI=1S/C15H25N5O/c1-10(2)18-15(19-11(3)4)17-9-12-5-7-13(8-6-12)20-14(16)21/h5-8,10-11H,9H2,1-4H3,(H3,16,20,21)(H2,17,18,19). The highest BCUT2D eigenvalue weighted by molar-refractivity contribution is 5.87. The van der Waals surface area contributed by atoms with Crippen LogP contribution in [0.2, 0.25) is 0 Å². The molecule has 0 saturated carbocycles. The molecule has 0 bridgehead atoms. The monoisotopic (exact) mass is 291 g/mol. The summed E-state index contributed by atoms with van der Waals surface area (Å²) >= 11 is 0. The van der Waals surface area contributed by atoms with E-state index in [4.69, 9.17) is 5.73 Å². The number of aliphatic imine (C=N–C) groups is 1. The number of urea groups is 1. The van der Waals surface area contributed by atoms with E-state index in [1.807, 2.05) is 12.1 Å². The van der Waals surface area contributed by atoms with Gasteiger partial charge in [-0.05, 0) is 45.4 Å². The van der Waals surface area contributed by atoms with Crippen LogP contribution in [0.4, 0.5) is 10.5 Å². The van der Waals surface area contributed by atoms with E-state index in [0.717, 1.165) is 11.5 Å². The highest BCUT2D eigenvalue weighted by atomic mass is 16.2. The van der Waals surface area contributed by atoms with Crippen molar-refractivity contribution in [2.24, 2.45) is 10.7 Å². The maximum absolute atomic E-state index is 10.7. The number of anilines is 1. The largest absolute Gasteiger partial charge is 0.354 e. The van der Waals surface area contributed by atoms with Gasteiger partial charge in [-0.1, -0.05) is 12.1 Å². The molecule has 21 heavy (non-hydrogen) atoms. The first-order valence-electron chi connectivity index (χ1n) is 7.09. The van der Waals surface area contributed by atoms with Crippen molar-refractivity contribution in [2.45, 2.75) is 46.3 Å². The van der Waals surface area contributed by atoms with Crippen LogP contribution in [-0.4, -0.2) is 24.1 Å². The third-order valence-corrected chi connectivity index (χ3v) is 2.49. The topological polar surface area (TPSA) is 91.5 Å². The van der Waals surface area contributed by atoms with Gasteiger partial charge < -0.3 is 21.7 Å². The lowest BCUT2D eigenvalue weighted by Crippen LogP contribution is -2.44. The lowest BCUT2D eigenvalue weighted by molar-refractivity contribution is 0.259. The van der Waals surface area contributed by atoms with Gasteiger partial charge in [-0.3, -0.25) is 0 Å². The first kappa shape index (κ1) is 16.8. The van der Waals surface area contributed by atoms with Gasteiger partial charge in [0, 0.05) is 17.8 Å². The molecule has 0 aliphatic rings. The fourth-order valence-corrected chi connectivity index (χ4v) is 1.69. The quantitative estimate of drug-likeness (QED) is 0.494. The molecule has 6 heteroatoms. The minimum absolute atomic E-state index is 0.317. The number of carbonyl (C=O) groups excluding carboxylic acids is 1. The van der Waals surface area contributed by atoms with E-state index in [1.165, 1.54) is 0 Å². The molecule has 1 aromatic rings. The van der Waals surface area contributed by atoms with Crippen LogP contribution < -0.4 is 21.7 Å². The van der Waals surface area contributed by atoms with Crippen molar-refractivity contribution in [1.29, 1.82) is 0 Å². The molecule has 2 amide bonds. The highest BCUT2D eigenvalue weighted by Gasteiger charge is 2.03. The Morgan fingerprint density at radius 3 is 2.05 bits per heavy atom. The molecule has 0 heterocycles. The molecule has 116 valence electrons. The van der Waals surface area contributed by atoms with Gasteiger partial charge in [0.05, 0.1) is 6.54 Å². The zero-order valence-corrected chi connectivity index (χ0v) is 13.1. The number of nitrogens with zero attached hydrogens (tertiary/aromatic N) is 1. The van der Waals surface area contributed by atoms with Gasteiger partial charge in [-0.2, -0.15) is 0 Å². The normalized spacial score (nSPS) is 10.4. The van der Waals surface area contributed by atoms with Crippen molar-refractivity contribution in [3.63, 3.8) is 0 Å². The molecule has 1 rings (SSSR count). The zero-order chi connectivity index (χ0) is 15.8. The van der Waals surface area contributed by atoms with E-state index in [9.17, 15) is 4.79 Å². The van der Waals surface area contributed by atoms with Crippen LogP contribution in [0, 0.1) is 0 Å². The molecule has 5 N–H and O–H groups in total. The molecule has 1 aromatic carbocycles. The number of primary amides is 1. The third kappa shape index (κ3) is 7.20. The summed E-state index contributed by atoms with van der Waals surface area (Å²) in [5.74, 6) is 0.791. The predicted molar refractivity (Wildman–Crippen MR) is 87.3 cm³/mol. The molecular weight excluding hydrogens is 266 g/mol. The summed E-state index contributed by atoms with van der Waals surface area (Å²) in [5, 5.41) is 9.10. The minimum atomic E-state index is -0.565. The van der Waals surface area contributed by atoms with Crippen LogP contribution in [0.1, 0.15) is 33.3 Å². The van der Waals surface area contributed by atoms with E-state index in [-0.39, 0.29) is 0 Å². The van der Waals surface area contributed by atoms with Crippen LogP contribution in [-0.2, 0) is 6.54 Å². The summed E-state index contributed by atoms with van der Waals surface area (Å²) in [6.45, 7) is 8.85. The summed E-state index contributed by atoms with van der Waals surface area (Å²) < 4.78 is 0. The van der Waals surface area contributed by atoms with Crippen molar-refractivity contribution in [3.8, 4) is 0 Å². The van der Waals surface area contributed by atoms with Crippen LogP contribution >= 0.6 is 0 Å². The van der Waals surface area contributed by atoms with E-state index >= 15 is 0 Å². The SMILES string of the molecule is CC(C)NC(=NCc1ccc(NC(N)=O)cc1)NC(C)C. The van der Waals surface area contributed by atoms with Gasteiger partial charge >= 0.3 is 6.03 Å². The van der Waals surface area contributed by atoms with Gasteiger partial charge in [-0.15, -0.1) is 0 Å². The smallest absolute Gasteiger partial charge is 0.316 e. The maximum atomic E-state index is 10.7. The molecule has 0 saturated heterocycles. The van der Waals surface area contributed by atoms with Crippen LogP contribution in [0.5, 0.6) is 0 Å². The van der Waals surface area contributed by atoms with E-state index in [0.29, 0.717) is 24.3 Å². The molecule has 0 aromatic heterocycles. The molecule has 6 nitrogen and oxygen atoms in total. The Hall–Kier alpha value is -2.24. The lowest BCUT2D eigenvalue weighted by atomic mass is 10.2. The van der Waals surface area contributed by atoms with E-state index in [1.54, 1.807) is 12.1 Å². The Morgan fingerprint density at radius 1 is 1.10 bits per heavy atom. The zero-order valence-electron chi connectivity index (χ0n) is 13.1. The number of guanidine groups is 1. The number of nitrogens with two attached hydrogens (primary N) is 1. The second-order valence-corrected chi connectivity index (χ2v) is 5.45. The Morgan fingerprint density at radius 2 is 1.62 bits per heavy atom. The molecule has 0 aliphatic heterocycles. The molecular formula is C15H25N5O. The summed E-state index contributed by atoms with van der Waals surface area (Å²) in [5.41, 5.74) is 6.80. The number of benzene rings is 1. The summed E-state index contributed by atoms with van der Waals surface area (Å²) in [4.78, 5) is 15.3. The molecule has 0 atom stereocenters. The van der Waals surface area contributed by atoms with Crippen molar-refractivity contribution in [3.05, 3.63) is 29.8 Å². The van der Waals surface area contributed by atoms with Crippen molar-refractivity contribution in [1.82, 2.24) is 10.6 Å². The Bertz CT molecular complexity index is 467. The average molecular weight is 291 g/mol. The van der Waals surface area contributed by atoms with Crippen LogP contribution in [0.3, 0.4) is 0 Å². The number of nitrogens with one attached hydrogen (secondary N) is 3. The second kappa shape index (κ2) is 8.14. The fraction of sp³-hybridized carbons (Fsp3) is 0.467. The predicted octanol–water partition coefficient (Wildman–Crippen LogP) is 2.03. The van der Waals surface area contributed by atoms with Gasteiger partial charge in [0.2, 0.25) is 0 Å². The molecule has 0 unspecified atom stereocenters. The summed E-state index contributed by atoms with van der Waals surface area (Å²) in [6.07, 6.45) is 0. The lowest BCUT2D eigenvalue weighted by Gasteiger charge is -2.17. The van der Waals surface area contributed by atoms with Crippen molar-refractivity contribution < 1.29 is 4.79 Å². The number of amides is 2. The first-order chi connectivity index (χ1) is 9.86. The van der Waals surface area contributed by atoms with Gasteiger partial charge in [0.15, 0.2) is 5.96 Å². The minimum Gasteiger partial charge on any atom is -0.354 e. The third-order valence-electron chi connectivity index (χ3n) is 2.49. The Labute approximate surface area is 126 Å². The fourth-order valence-electron chi connectivity index (χ4n) is 1.69. The number of hydrogen-bond acceptors (Lipinski definition) is 2. The Balaban J connectivity index is 2.68. The number of rotatable bonds is 5. The van der Waals surface area contributed by atoms with E-state index in [2.05, 4.69) is 48.6 Å². The molecule has 0 fully saturated rings. The first-order valence-corrected chi connectivity index (χ1v) is 7.09.